The highest BCUT2D eigenvalue weighted by Gasteiger charge is 2.28. The van der Waals surface area contributed by atoms with Gasteiger partial charge in [-0.3, -0.25) is 4.79 Å². The highest BCUT2D eigenvalue weighted by molar-refractivity contribution is 7.16. The maximum Gasteiger partial charge on any atom is 0.341 e. The molecule has 2 atom stereocenters. The largest absolute Gasteiger partial charge is 0.462 e. The molecule has 1 fully saturated rings. The van der Waals surface area contributed by atoms with Gasteiger partial charge in [-0.1, -0.05) is 0 Å². The third kappa shape index (κ3) is 4.55. The molecule has 1 saturated heterocycles. The van der Waals surface area contributed by atoms with Gasteiger partial charge in [0.2, 0.25) is 0 Å². The minimum absolute atomic E-state index is 0.0851. The molecular formula is C17H27N2O4S+. The number of quaternary nitrogens is 1. The number of nitrogens with one attached hydrogen (secondary N) is 2. The molecule has 6 nitrogen and oxygen atoms in total. The first-order valence-corrected chi connectivity index (χ1v) is 9.19. The third-order valence-corrected chi connectivity index (χ3v) is 5.27. The van der Waals surface area contributed by atoms with E-state index in [2.05, 4.69) is 5.32 Å². The van der Waals surface area contributed by atoms with E-state index in [0.717, 1.165) is 23.5 Å². The first-order chi connectivity index (χ1) is 11.3. The number of aryl methyl sites for hydroxylation is 1. The van der Waals surface area contributed by atoms with Gasteiger partial charge in [0.05, 0.1) is 12.2 Å². The SMILES string of the molecule is CCOC(=O)c1c(NC(=O)C[NH+]2CC(C)OC(C)C2)sc(C)c1C. The van der Waals surface area contributed by atoms with Crippen LogP contribution in [0, 0.1) is 13.8 Å². The van der Waals surface area contributed by atoms with E-state index in [0.29, 0.717) is 23.7 Å². The summed E-state index contributed by atoms with van der Waals surface area (Å²) in [5, 5.41) is 3.49. The predicted octanol–water partition coefficient (Wildman–Crippen LogP) is 1.17. The lowest BCUT2D eigenvalue weighted by atomic mass is 10.1. The second-order valence-electron chi connectivity index (χ2n) is 6.35. The van der Waals surface area contributed by atoms with Crippen molar-refractivity contribution in [3.8, 4) is 0 Å². The average molecular weight is 355 g/mol. The Morgan fingerprint density at radius 2 is 1.92 bits per heavy atom. The second-order valence-corrected chi connectivity index (χ2v) is 7.57. The number of carbonyl (C=O) groups excluding carboxylic acids is 2. The maximum atomic E-state index is 12.4. The highest BCUT2D eigenvalue weighted by Crippen LogP contribution is 2.32. The van der Waals surface area contributed by atoms with Gasteiger partial charge < -0.3 is 19.7 Å². The molecular weight excluding hydrogens is 328 g/mol. The molecule has 2 unspecified atom stereocenters. The molecule has 0 radical (unpaired) electrons. The second kappa shape index (κ2) is 8.09. The van der Waals surface area contributed by atoms with Crippen LogP contribution >= 0.6 is 11.3 Å². The van der Waals surface area contributed by atoms with E-state index in [1.807, 2.05) is 27.7 Å². The number of anilines is 1. The van der Waals surface area contributed by atoms with Crippen LogP contribution in [0.1, 0.15) is 41.6 Å². The van der Waals surface area contributed by atoms with Crippen LogP contribution in [0.5, 0.6) is 0 Å². The van der Waals surface area contributed by atoms with Gasteiger partial charge in [0.15, 0.2) is 6.54 Å². The molecule has 1 amide bonds. The molecule has 0 saturated carbocycles. The van der Waals surface area contributed by atoms with E-state index in [1.54, 1.807) is 6.92 Å². The number of carbonyl (C=O) groups is 2. The van der Waals surface area contributed by atoms with Gasteiger partial charge in [-0.25, -0.2) is 4.79 Å². The van der Waals surface area contributed by atoms with Crippen LogP contribution in [0.15, 0.2) is 0 Å². The van der Waals surface area contributed by atoms with Crippen LogP contribution < -0.4 is 10.2 Å². The summed E-state index contributed by atoms with van der Waals surface area (Å²) in [5.74, 6) is -0.464. The molecule has 2 rings (SSSR count). The van der Waals surface area contributed by atoms with Crippen molar-refractivity contribution in [1.29, 1.82) is 0 Å². The van der Waals surface area contributed by atoms with Crippen molar-refractivity contribution in [1.82, 2.24) is 0 Å². The zero-order chi connectivity index (χ0) is 17.9. The average Bonchev–Trinajstić information content (AvgIpc) is 2.72. The lowest BCUT2D eigenvalue weighted by Gasteiger charge is -2.31. The molecule has 2 N–H and O–H groups in total. The summed E-state index contributed by atoms with van der Waals surface area (Å²) in [6.07, 6.45) is 0.302. The van der Waals surface area contributed by atoms with Gasteiger partial charge in [-0.05, 0) is 40.2 Å². The zero-order valence-corrected chi connectivity index (χ0v) is 15.8. The summed E-state index contributed by atoms with van der Waals surface area (Å²) in [5.41, 5.74) is 1.35. The van der Waals surface area contributed by atoms with Crippen molar-refractivity contribution in [2.45, 2.75) is 46.8 Å². The summed E-state index contributed by atoms with van der Waals surface area (Å²) in [6, 6.07) is 0. The lowest BCUT2D eigenvalue weighted by Crippen LogP contribution is -3.16. The molecule has 24 heavy (non-hydrogen) atoms. The summed E-state index contributed by atoms with van der Waals surface area (Å²) in [7, 11) is 0. The van der Waals surface area contributed by atoms with E-state index in [-0.39, 0.29) is 24.1 Å². The normalized spacial score (nSPS) is 23.8. The first kappa shape index (κ1) is 18.9. The van der Waals surface area contributed by atoms with E-state index in [4.69, 9.17) is 9.47 Å². The van der Waals surface area contributed by atoms with E-state index in [9.17, 15) is 9.59 Å². The summed E-state index contributed by atoms with van der Waals surface area (Å²) < 4.78 is 10.8. The third-order valence-electron chi connectivity index (χ3n) is 4.15. The fraction of sp³-hybridized carbons (Fsp3) is 0.647. The number of thiophene rings is 1. The van der Waals surface area contributed by atoms with Crippen molar-refractivity contribution < 1.29 is 24.0 Å². The number of hydrogen-bond acceptors (Lipinski definition) is 5. The molecule has 0 aliphatic carbocycles. The molecule has 1 aromatic heterocycles. The number of ether oxygens (including phenoxy) is 2. The van der Waals surface area contributed by atoms with Crippen molar-refractivity contribution in [2.24, 2.45) is 0 Å². The Morgan fingerprint density at radius 3 is 2.50 bits per heavy atom. The minimum Gasteiger partial charge on any atom is -0.462 e. The quantitative estimate of drug-likeness (QED) is 0.778. The highest BCUT2D eigenvalue weighted by atomic mass is 32.1. The smallest absolute Gasteiger partial charge is 0.341 e. The molecule has 134 valence electrons. The zero-order valence-electron chi connectivity index (χ0n) is 15.0. The van der Waals surface area contributed by atoms with Crippen molar-refractivity contribution in [3.05, 3.63) is 16.0 Å². The predicted molar refractivity (Wildman–Crippen MR) is 94.0 cm³/mol. The molecule has 0 aromatic carbocycles. The summed E-state index contributed by atoms with van der Waals surface area (Å²) in [4.78, 5) is 26.8. The van der Waals surface area contributed by atoms with Crippen molar-refractivity contribution in [3.63, 3.8) is 0 Å². The van der Waals surface area contributed by atoms with Crippen LogP contribution in [0.25, 0.3) is 0 Å². The van der Waals surface area contributed by atoms with Gasteiger partial charge in [-0.2, -0.15) is 0 Å². The topological polar surface area (TPSA) is 69.1 Å². The van der Waals surface area contributed by atoms with Crippen LogP contribution in [0.4, 0.5) is 5.00 Å². The van der Waals surface area contributed by atoms with Crippen LogP contribution in [-0.4, -0.2) is 50.3 Å². The van der Waals surface area contributed by atoms with E-state index >= 15 is 0 Å². The van der Waals surface area contributed by atoms with Crippen molar-refractivity contribution in [2.75, 3.05) is 31.6 Å². The molecule has 0 bridgehead atoms. The molecule has 0 spiro atoms. The Morgan fingerprint density at radius 1 is 1.29 bits per heavy atom. The standard InChI is InChI=1S/C17H26N2O4S/c1-6-22-17(21)15-12(4)13(5)24-16(15)18-14(20)9-19-7-10(2)23-11(3)8-19/h10-11H,6-9H2,1-5H3,(H,18,20)/p+1. The Labute approximate surface area is 147 Å². The van der Waals surface area contributed by atoms with Gasteiger partial charge >= 0.3 is 5.97 Å². The Balaban J connectivity index is 2.06. The molecule has 2 heterocycles. The monoisotopic (exact) mass is 355 g/mol. The fourth-order valence-corrected chi connectivity index (χ4v) is 4.16. The van der Waals surface area contributed by atoms with Gasteiger partial charge in [0, 0.05) is 4.88 Å². The summed E-state index contributed by atoms with van der Waals surface area (Å²) in [6.45, 7) is 11.9. The number of esters is 1. The lowest BCUT2D eigenvalue weighted by molar-refractivity contribution is -0.907. The number of hydrogen-bond donors (Lipinski definition) is 2. The number of amides is 1. The number of morpholine rings is 1. The van der Waals surface area contributed by atoms with Crippen LogP contribution in [-0.2, 0) is 14.3 Å². The van der Waals surface area contributed by atoms with E-state index in [1.165, 1.54) is 16.2 Å². The first-order valence-electron chi connectivity index (χ1n) is 8.37. The Kier molecular flexibility index (Phi) is 6.37. The van der Waals surface area contributed by atoms with Gasteiger partial charge in [-0.15, -0.1) is 11.3 Å². The number of rotatable bonds is 5. The van der Waals surface area contributed by atoms with Crippen LogP contribution in [0.3, 0.4) is 0 Å². The Hall–Kier alpha value is -1.44. The molecule has 1 aliphatic rings. The van der Waals surface area contributed by atoms with Crippen LogP contribution in [0.2, 0.25) is 0 Å². The minimum atomic E-state index is -0.379. The summed E-state index contributed by atoms with van der Waals surface area (Å²) >= 11 is 1.42. The Bertz CT molecular complexity index is 604. The molecule has 7 heteroatoms. The van der Waals surface area contributed by atoms with E-state index < -0.39 is 0 Å². The van der Waals surface area contributed by atoms with Crippen molar-refractivity contribution >= 4 is 28.2 Å². The molecule has 1 aliphatic heterocycles. The fourth-order valence-electron chi connectivity index (χ4n) is 3.10. The van der Waals surface area contributed by atoms with Gasteiger partial charge in [0.1, 0.15) is 30.3 Å². The van der Waals surface area contributed by atoms with Gasteiger partial charge in [0.25, 0.3) is 5.91 Å². The molecule has 1 aromatic rings. The maximum absolute atomic E-state index is 12.4.